The maximum Gasteiger partial charge on any atom is 0.304 e. The van der Waals surface area contributed by atoms with Gasteiger partial charge in [-0.3, -0.25) is 14.5 Å². The number of carboxylic acid groups (broad SMARTS) is 1. The molecule has 1 heterocycles. The summed E-state index contributed by atoms with van der Waals surface area (Å²) in [6, 6.07) is 4.14. The molecule has 1 amide bonds. The van der Waals surface area contributed by atoms with E-state index in [2.05, 4.69) is 0 Å². The molecule has 0 aromatic heterocycles. The largest absolute Gasteiger partial charge is 0.481 e. The van der Waals surface area contributed by atoms with E-state index in [-0.39, 0.29) is 18.1 Å². The van der Waals surface area contributed by atoms with E-state index in [9.17, 15) is 14.0 Å². The standard InChI is InChI=1S/C14H16FIN2O3/c15-10-1-2-11(12(16)9-10)14(21)18-7-5-17(6-8-18)4-3-13(19)20/h1-2,9H,3-8H2,(H,19,20). The number of carbonyl (C=O) groups excluding carboxylic acids is 1. The van der Waals surface area contributed by atoms with Crippen molar-refractivity contribution in [3.8, 4) is 0 Å². The number of hydrogen-bond donors (Lipinski definition) is 1. The van der Waals surface area contributed by atoms with Crippen molar-refractivity contribution in [2.45, 2.75) is 6.42 Å². The summed E-state index contributed by atoms with van der Waals surface area (Å²) in [7, 11) is 0. The van der Waals surface area contributed by atoms with Crippen molar-refractivity contribution >= 4 is 34.5 Å². The first-order chi connectivity index (χ1) is 9.97. The van der Waals surface area contributed by atoms with Gasteiger partial charge in [0.2, 0.25) is 0 Å². The highest BCUT2D eigenvalue weighted by molar-refractivity contribution is 14.1. The predicted octanol–water partition coefficient (Wildman–Crippen LogP) is 1.66. The maximum atomic E-state index is 13.1. The number of hydrogen-bond acceptors (Lipinski definition) is 3. The van der Waals surface area contributed by atoms with Crippen molar-refractivity contribution < 1.29 is 19.1 Å². The molecule has 5 nitrogen and oxygen atoms in total. The van der Waals surface area contributed by atoms with Crippen LogP contribution in [-0.4, -0.2) is 59.5 Å². The van der Waals surface area contributed by atoms with Gasteiger partial charge in [-0.05, 0) is 40.8 Å². The lowest BCUT2D eigenvalue weighted by molar-refractivity contribution is -0.137. The zero-order valence-corrected chi connectivity index (χ0v) is 13.5. The predicted molar refractivity (Wildman–Crippen MR) is 83.7 cm³/mol. The van der Waals surface area contributed by atoms with Crippen LogP contribution >= 0.6 is 22.6 Å². The fourth-order valence-corrected chi connectivity index (χ4v) is 2.97. The normalized spacial score (nSPS) is 16.0. The van der Waals surface area contributed by atoms with Crippen LogP contribution in [0.3, 0.4) is 0 Å². The van der Waals surface area contributed by atoms with Gasteiger partial charge in [0, 0.05) is 36.3 Å². The van der Waals surface area contributed by atoms with Gasteiger partial charge in [0.05, 0.1) is 12.0 Å². The molecule has 1 fully saturated rings. The Labute approximate surface area is 135 Å². The van der Waals surface area contributed by atoms with E-state index < -0.39 is 5.97 Å². The quantitative estimate of drug-likeness (QED) is 0.773. The lowest BCUT2D eigenvalue weighted by Crippen LogP contribution is -2.49. The summed E-state index contributed by atoms with van der Waals surface area (Å²) in [6.45, 7) is 2.96. The Morgan fingerprint density at radius 2 is 1.90 bits per heavy atom. The van der Waals surface area contributed by atoms with Gasteiger partial charge in [-0.1, -0.05) is 0 Å². The zero-order chi connectivity index (χ0) is 15.4. The molecular formula is C14H16FIN2O3. The summed E-state index contributed by atoms with van der Waals surface area (Å²) in [5.74, 6) is -1.26. The molecule has 7 heteroatoms. The van der Waals surface area contributed by atoms with Crippen LogP contribution < -0.4 is 0 Å². The lowest BCUT2D eigenvalue weighted by Gasteiger charge is -2.34. The van der Waals surface area contributed by atoms with E-state index in [1.165, 1.54) is 18.2 Å². The average molecular weight is 406 g/mol. The number of rotatable bonds is 4. The molecule has 2 rings (SSSR count). The lowest BCUT2D eigenvalue weighted by atomic mass is 10.1. The highest BCUT2D eigenvalue weighted by Gasteiger charge is 2.23. The fraction of sp³-hybridized carbons (Fsp3) is 0.429. The van der Waals surface area contributed by atoms with Crippen LogP contribution in [0.1, 0.15) is 16.8 Å². The summed E-state index contributed by atoms with van der Waals surface area (Å²) >= 11 is 1.96. The van der Waals surface area contributed by atoms with Gasteiger partial charge in [0.15, 0.2) is 0 Å². The number of halogens is 2. The van der Waals surface area contributed by atoms with Gasteiger partial charge in [0.25, 0.3) is 5.91 Å². The average Bonchev–Trinajstić information content (AvgIpc) is 2.45. The van der Waals surface area contributed by atoms with Crippen LogP contribution in [-0.2, 0) is 4.79 Å². The molecule has 1 aromatic rings. The Morgan fingerprint density at radius 3 is 2.48 bits per heavy atom. The van der Waals surface area contributed by atoms with Gasteiger partial charge >= 0.3 is 5.97 Å². The molecule has 0 radical (unpaired) electrons. The second-order valence-corrected chi connectivity index (χ2v) is 6.06. The minimum Gasteiger partial charge on any atom is -0.481 e. The molecule has 0 atom stereocenters. The van der Waals surface area contributed by atoms with Crippen LogP contribution in [0.2, 0.25) is 0 Å². The van der Waals surface area contributed by atoms with E-state index in [0.29, 0.717) is 41.9 Å². The van der Waals surface area contributed by atoms with Gasteiger partial charge in [-0.25, -0.2) is 4.39 Å². The van der Waals surface area contributed by atoms with E-state index in [0.717, 1.165) is 0 Å². The molecule has 1 aromatic carbocycles. The van der Waals surface area contributed by atoms with Crippen molar-refractivity contribution in [2.24, 2.45) is 0 Å². The minimum atomic E-state index is -0.811. The van der Waals surface area contributed by atoms with Crippen LogP contribution in [0.4, 0.5) is 4.39 Å². The van der Waals surface area contributed by atoms with Crippen molar-refractivity contribution in [3.63, 3.8) is 0 Å². The van der Waals surface area contributed by atoms with Crippen LogP contribution in [0.15, 0.2) is 18.2 Å². The summed E-state index contributed by atoms with van der Waals surface area (Å²) in [6.07, 6.45) is 0.115. The first-order valence-electron chi connectivity index (χ1n) is 6.66. The summed E-state index contributed by atoms with van der Waals surface area (Å²) in [4.78, 5) is 26.7. The number of benzene rings is 1. The zero-order valence-electron chi connectivity index (χ0n) is 11.4. The molecule has 114 valence electrons. The van der Waals surface area contributed by atoms with Crippen LogP contribution in [0.5, 0.6) is 0 Å². The third-order valence-electron chi connectivity index (χ3n) is 3.46. The molecule has 0 bridgehead atoms. The summed E-state index contributed by atoms with van der Waals surface area (Å²) in [5.41, 5.74) is 0.510. The molecule has 0 unspecified atom stereocenters. The Kier molecular flexibility index (Phi) is 5.51. The third kappa shape index (κ3) is 4.37. The SMILES string of the molecule is O=C(O)CCN1CCN(C(=O)c2ccc(F)cc2I)CC1. The molecule has 0 spiro atoms. The van der Waals surface area contributed by atoms with E-state index in [1.807, 2.05) is 27.5 Å². The van der Waals surface area contributed by atoms with Gasteiger partial charge < -0.3 is 10.0 Å². The van der Waals surface area contributed by atoms with Crippen molar-refractivity contribution in [1.82, 2.24) is 9.80 Å². The monoisotopic (exact) mass is 406 g/mol. The van der Waals surface area contributed by atoms with E-state index in [4.69, 9.17) is 5.11 Å². The number of carbonyl (C=O) groups is 2. The first kappa shape index (κ1) is 16.2. The highest BCUT2D eigenvalue weighted by Crippen LogP contribution is 2.17. The number of piperazine rings is 1. The first-order valence-corrected chi connectivity index (χ1v) is 7.73. The molecule has 0 aliphatic carbocycles. The minimum absolute atomic E-state index is 0.0997. The van der Waals surface area contributed by atoms with E-state index >= 15 is 0 Å². The third-order valence-corrected chi connectivity index (χ3v) is 4.36. The van der Waals surface area contributed by atoms with Gasteiger partial charge in [0.1, 0.15) is 5.82 Å². The van der Waals surface area contributed by atoms with Crippen LogP contribution in [0.25, 0.3) is 0 Å². The summed E-state index contributed by atoms with van der Waals surface area (Å²) in [5, 5.41) is 8.66. The molecule has 1 N–H and O–H groups in total. The topological polar surface area (TPSA) is 60.9 Å². The smallest absolute Gasteiger partial charge is 0.304 e. The Balaban J connectivity index is 1.92. The van der Waals surface area contributed by atoms with Gasteiger partial charge in [-0.2, -0.15) is 0 Å². The fourth-order valence-electron chi connectivity index (χ4n) is 2.26. The van der Waals surface area contributed by atoms with Crippen molar-refractivity contribution in [3.05, 3.63) is 33.1 Å². The molecule has 1 saturated heterocycles. The number of carboxylic acids is 1. The van der Waals surface area contributed by atoms with Crippen LogP contribution in [0, 0.1) is 9.39 Å². The number of aliphatic carboxylic acids is 1. The molecule has 1 aliphatic rings. The summed E-state index contributed by atoms with van der Waals surface area (Å²) < 4.78 is 13.7. The van der Waals surface area contributed by atoms with E-state index in [1.54, 1.807) is 4.90 Å². The second kappa shape index (κ2) is 7.17. The number of nitrogens with zero attached hydrogens (tertiary/aromatic N) is 2. The molecule has 1 aliphatic heterocycles. The Bertz CT molecular complexity index is 545. The Hall–Kier alpha value is -1.22. The van der Waals surface area contributed by atoms with Crippen molar-refractivity contribution in [1.29, 1.82) is 0 Å². The molecule has 0 saturated carbocycles. The molecular weight excluding hydrogens is 390 g/mol. The number of amides is 1. The van der Waals surface area contributed by atoms with Gasteiger partial charge in [-0.15, -0.1) is 0 Å². The maximum absolute atomic E-state index is 13.1. The Morgan fingerprint density at radius 1 is 1.24 bits per heavy atom. The second-order valence-electron chi connectivity index (χ2n) is 4.90. The van der Waals surface area contributed by atoms with Crippen molar-refractivity contribution in [2.75, 3.05) is 32.7 Å². The molecule has 21 heavy (non-hydrogen) atoms. The highest BCUT2D eigenvalue weighted by atomic mass is 127.